The highest BCUT2D eigenvalue weighted by atomic mass is 16.5. The molecule has 0 saturated carbocycles. The second-order valence-corrected chi connectivity index (χ2v) is 18.0. The van der Waals surface area contributed by atoms with Crippen molar-refractivity contribution in [3.63, 3.8) is 0 Å². The molecule has 0 amide bonds. The number of nitrogens with zero attached hydrogens (tertiary/aromatic N) is 3. The summed E-state index contributed by atoms with van der Waals surface area (Å²) in [5.41, 5.74) is 15.5. The maximum atomic E-state index is 6.94. The van der Waals surface area contributed by atoms with E-state index in [9.17, 15) is 0 Å². The monoisotopic (exact) mass is 871 g/mol. The van der Waals surface area contributed by atoms with Gasteiger partial charge in [-0.3, -0.25) is 0 Å². The molecule has 14 rings (SSSR count). The van der Waals surface area contributed by atoms with Crippen LogP contribution in [0.3, 0.4) is 0 Å². The largest absolute Gasteiger partial charge is 0.484 e. The van der Waals surface area contributed by atoms with Crippen molar-refractivity contribution < 1.29 is 9.15 Å². The minimum absolute atomic E-state index is 0.0930. The van der Waals surface area contributed by atoms with Crippen LogP contribution in [0.1, 0.15) is 40.2 Å². The van der Waals surface area contributed by atoms with Crippen LogP contribution in [0, 0.1) is 0 Å². The van der Waals surface area contributed by atoms with Gasteiger partial charge in [-0.05, 0) is 110 Å². The molecule has 2 aromatic heterocycles. The van der Waals surface area contributed by atoms with Crippen LogP contribution in [0.4, 0.5) is 0 Å². The normalized spacial score (nSPS) is 16.1. The lowest BCUT2D eigenvalue weighted by Gasteiger charge is -2.25. The second kappa shape index (κ2) is 15.5. The van der Waals surface area contributed by atoms with Gasteiger partial charge in [0.05, 0.1) is 0 Å². The standard InChI is InChI=1S/C63H41N3O2/c1-2-16-39(17-3-1)61-64-62(53-29-14-31-56-59(53)51-21-8-9-30-55(51)67-56)66-63(65-61)54-37-43(36-41-19-6-7-20-44(41)54)45-22-10-25-48-47(45)24-12-26-49(48)50-27-13-32-57-58(50)52-28-11-23-46(60(52)68-57)42-34-33-38-15-4-5-18-40(38)35-42/h1-9,11-24,26-37,52,60H,10,25H2. The van der Waals surface area contributed by atoms with Gasteiger partial charge in [0.15, 0.2) is 17.5 Å². The Bertz CT molecular complexity index is 3970. The number of ether oxygens (including phenoxy) is 1. The third-order valence-electron chi connectivity index (χ3n) is 14.2. The van der Waals surface area contributed by atoms with Crippen molar-refractivity contribution in [2.45, 2.75) is 24.9 Å². The number of furan rings is 1. The zero-order valence-corrected chi connectivity index (χ0v) is 36.9. The highest BCUT2D eigenvalue weighted by molar-refractivity contribution is 6.12. The van der Waals surface area contributed by atoms with Gasteiger partial charge in [0.25, 0.3) is 0 Å². The van der Waals surface area contributed by atoms with Crippen molar-refractivity contribution in [2.24, 2.45) is 0 Å². The number of aromatic nitrogens is 3. The van der Waals surface area contributed by atoms with Crippen molar-refractivity contribution in [2.75, 3.05) is 0 Å². The topological polar surface area (TPSA) is 61.0 Å². The van der Waals surface area contributed by atoms with Crippen molar-refractivity contribution in [1.82, 2.24) is 15.0 Å². The first-order valence-corrected chi connectivity index (χ1v) is 23.5. The number of hydrogen-bond acceptors (Lipinski definition) is 5. The van der Waals surface area contributed by atoms with E-state index in [4.69, 9.17) is 24.1 Å². The van der Waals surface area contributed by atoms with E-state index in [0.717, 1.165) is 73.6 Å². The van der Waals surface area contributed by atoms with Gasteiger partial charge in [0.1, 0.15) is 23.0 Å². The van der Waals surface area contributed by atoms with E-state index in [1.165, 1.54) is 55.3 Å². The molecule has 3 aliphatic rings. The van der Waals surface area contributed by atoms with Crippen molar-refractivity contribution in [1.29, 1.82) is 0 Å². The molecular formula is C63H41N3O2. The molecule has 3 heterocycles. The first-order chi connectivity index (χ1) is 33.7. The average Bonchev–Trinajstić information content (AvgIpc) is 3.99. The minimum atomic E-state index is -0.103. The molecule has 2 atom stereocenters. The van der Waals surface area contributed by atoms with Gasteiger partial charge in [-0.25, -0.2) is 15.0 Å². The number of benzene rings is 9. The molecule has 0 saturated heterocycles. The van der Waals surface area contributed by atoms with Gasteiger partial charge in [0.2, 0.25) is 0 Å². The summed E-state index contributed by atoms with van der Waals surface area (Å²) in [7, 11) is 0. The molecule has 68 heavy (non-hydrogen) atoms. The minimum Gasteiger partial charge on any atom is -0.484 e. The van der Waals surface area contributed by atoms with Crippen LogP contribution in [-0.2, 0) is 6.42 Å². The van der Waals surface area contributed by atoms with E-state index < -0.39 is 0 Å². The van der Waals surface area contributed by atoms with Crippen LogP contribution >= 0.6 is 0 Å². The number of para-hydroxylation sites is 1. The second-order valence-electron chi connectivity index (χ2n) is 18.0. The molecule has 1 aliphatic heterocycles. The molecule has 0 radical (unpaired) electrons. The summed E-state index contributed by atoms with van der Waals surface area (Å²) >= 11 is 0. The fraction of sp³-hybridized carbons (Fsp3) is 0.0635. The highest BCUT2D eigenvalue weighted by Crippen LogP contribution is 2.51. The molecule has 11 aromatic rings. The zero-order valence-electron chi connectivity index (χ0n) is 36.9. The first kappa shape index (κ1) is 38.6. The number of rotatable bonds is 6. The Kier molecular flexibility index (Phi) is 8.78. The summed E-state index contributed by atoms with van der Waals surface area (Å²) in [6.07, 6.45) is 11.0. The van der Waals surface area contributed by atoms with E-state index in [2.05, 4.69) is 164 Å². The SMILES string of the molecule is C1=CC2c3c(cccc3-c3cccc4c3CCC=C4c3cc(-c4nc(-c5ccccc5)nc(-c5cccc6oc7ccccc7c56)n4)c4ccccc4c3)OC2C(c2ccc3ccccc3c2)=C1. The maximum absolute atomic E-state index is 6.94. The van der Waals surface area contributed by atoms with Crippen molar-refractivity contribution in [3.8, 4) is 51.0 Å². The predicted octanol–water partition coefficient (Wildman–Crippen LogP) is 15.6. The molecule has 2 aliphatic carbocycles. The van der Waals surface area contributed by atoms with Gasteiger partial charge in [-0.15, -0.1) is 0 Å². The number of fused-ring (bicyclic) bond motifs is 9. The smallest absolute Gasteiger partial charge is 0.164 e. The van der Waals surface area contributed by atoms with Crippen LogP contribution in [-0.4, -0.2) is 21.1 Å². The van der Waals surface area contributed by atoms with Crippen molar-refractivity contribution >= 4 is 54.6 Å². The highest BCUT2D eigenvalue weighted by Gasteiger charge is 2.39. The molecule has 0 spiro atoms. The van der Waals surface area contributed by atoms with E-state index in [1.54, 1.807) is 0 Å². The van der Waals surface area contributed by atoms with Gasteiger partial charge < -0.3 is 9.15 Å². The third-order valence-corrected chi connectivity index (χ3v) is 14.2. The lowest BCUT2D eigenvalue weighted by atomic mass is 9.78. The summed E-state index contributed by atoms with van der Waals surface area (Å²) in [6.45, 7) is 0. The van der Waals surface area contributed by atoms with E-state index in [1.807, 2.05) is 48.5 Å². The number of allylic oxidation sites excluding steroid dienone is 3. The summed E-state index contributed by atoms with van der Waals surface area (Å²) in [4.78, 5) is 15.8. The Morgan fingerprint density at radius 1 is 0.471 bits per heavy atom. The molecule has 9 aromatic carbocycles. The Hall–Kier alpha value is -8.67. The Labute approximate surface area is 393 Å². The summed E-state index contributed by atoms with van der Waals surface area (Å²) in [5.74, 6) is 2.89. The van der Waals surface area contributed by atoms with Gasteiger partial charge in [-0.2, -0.15) is 0 Å². The fourth-order valence-corrected chi connectivity index (χ4v) is 11.1. The summed E-state index contributed by atoms with van der Waals surface area (Å²) in [5, 5.41) is 6.70. The molecule has 0 bridgehead atoms. The van der Waals surface area contributed by atoms with Gasteiger partial charge >= 0.3 is 0 Å². The summed E-state index contributed by atoms with van der Waals surface area (Å²) < 4.78 is 13.3. The average molecular weight is 872 g/mol. The first-order valence-electron chi connectivity index (χ1n) is 23.5. The predicted molar refractivity (Wildman–Crippen MR) is 276 cm³/mol. The lowest BCUT2D eigenvalue weighted by molar-refractivity contribution is 0.278. The Morgan fingerprint density at radius 2 is 1.16 bits per heavy atom. The zero-order chi connectivity index (χ0) is 44.7. The van der Waals surface area contributed by atoms with Crippen LogP contribution in [0.2, 0.25) is 0 Å². The molecule has 2 unspecified atom stereocenters. The van der Waals surface area contributed by atoms with Crippen LogP contribution in [0.25, 0.3) is 99.9 Å². The van der Waals surface area contributed by atoms with Gasteiger partial charge in [-0.1, -0.05) is 176 Å². The van der Waals surface area contributed by atoms with E-state index in [0.29, 0.717) is 17.5 Å². The van der Waals surface area contributed by atoms with Crippen LogP contribution in [0.15, 0.2) is 217 Å². The molecule has 0 fully saturated rings. The maximum Gasteiger partial charge on any atom is 0.164 e. The van der Waals surface area contributed by atoms with Crippen LogP contribution < -0.4 is 4.74 Å². The Balaban J connectivity index is 0.889. The lowest BCUT2D eigenvalue weighted by Crippen LogP contribution is -2.21. The quantitative estimate of drug-likeness (QED) is 0.167. The summed E-state index contributed by atoms with van der Waals surface area (Å²) in [6, 6.07) is 66.5. The molecular weight excluding hydrogens is 831 g/mol. The molecule has 5 heteroatoms. The van der Waals surface area contributed by atoms with Crippen molar-refractivity contribution in [3.05, 3.63) is 240 Å². The molecule has 320 valence electrons. The molecule has 0 N–H and O–H groups in total. The van der Waals surface area contributed by atoms with Crippen LogP contribution in [0.5, 0.6) is 5.75 Å². The Morgan fingerprint density at radius 3 is 2.07 bits per heavy atom. The number of hydrogen-bond donors (Lipinski definition) is 0. The van der Waals surface area contributed by atoms with E-state index >= 15 is 0 Å². The third kappa shape index (κ3) is 6.20. The van der Waals surface area contributed by atoms with Gasteiger partial charge in [0, 0.05) is 44.5 Å². The fourth-order valence-electron chi connectivity index (χ4n) is 11.1. The molecule has 5 nitrogen and oxygen atoms in total. The van der Waals surface area contributed by atoms with E-state index in [-0.39, 0.29) is 12.0 Å².